The lowest BCUT2D eigenvalue weighted by atomic mass is 9.90. The second-order valence-corrected chi connectivity index (χ2v) is 16.9. The highest BCUT2D eigenvalue weighted by atomic mass is 19.1. The van der Waals surface area contributed by atoms with E-state index >= 15 is 0 Å². The third-order valence-corrected chi connectivity index (χ3v) is 11.4. The molecule has 2 aliphatic rings. The fourth-order valence-corrected chi connectivity index (χ4v) is 8.32. The standard InChI is InChI=1S/C45H48F2N8O5/c1-45(2,3)60-43(58)49-23-28-17-19-52(20-18-28)25-29-7-9-30(10-8-29)31-5-4-6-36(21-31)54-40-37(22-33(47)24-48-40)42(57)55(44(54)59)35-14-12-34(13-15-35)50-41(56)38-27-53-26-32(46)11-16-39(53)51-38/h4-11,16,21-22,24,26-28,34-35H,12-15,17-20,23,25H2,1-3H3,(H,49,58)(H,50,56). The van der Waals surface area contributed by atoms with Crippen LogP contribution in [-0.2, 0) is 11.3 Å². The van der Waals surface area contributed by atoms with E-state index in [4.69, 9.17) is 4.74 Å². The molecule has 60 heavy (non-hydrogen) atoms. The van der Waals surface area contributed by atoms with Gasteiger partial charge in [0.25, 0.3) is 11.5 Å². The molecule has 0 atom stereocenters. The molecule has 13 nitrogen and oxygen atoms in total. The average Bonchev–Trinajstić information content (AvgIpc) is 3.65. The van der Waals surface area contributed by atoms with E-state index in [1.807, 2.05) is 51.1 Å². The predicted octanol–water partition coefficient (Wildman–Crippen LogP) is 6.79. The minimum absolute atomic E-state index is 0.00796. The highest BCUT2D eigenvalue weighted by Crippen LogP contribution is 2.29. The summed E-state index contributed by atoms with van der Waals surface area (Å²) in [6.07, 6.45) is 7.12. The lowest BCUT2D eigenvalue weighted by Gasteiger charge is -2.32. The zero-order valence-corrected chi connectivity index (χ0v) is 33.9. The fourth-order valence-electron chi connectivity index (χ4n) is 8.32. The molecule has 15 heteroatoms. The van der Waals surface area contributed by atoms with Gasteiger partial charge in [-0.25, -0.2) is 32.9 Å². The molecule has 1 saturated heterocycles. The number of aromatic nitrogens is 5. The molecule has 2 fully saturated rings. The van der Waals surface area contributed by atoms with Crippen LogP contribution in [-0.4, -0.2) is 71.7 Å². The molecule has 8 rings (SSSR count). The fraction of sp³-hybridized carbons (Fsp3) is 0.378. The maximum atomic E-state index is 14.6. The number of rotatable bonds is 9. The number of amides is 2. The van der Waals surface area contributed by atoms with Crippen molar-refractivity contribution in [2.24, 2.45) is 5.92 Å². The summed E-state index contributed by atoms with van der Waals surface area (Å²) < 4.78 is 37.7. The lowest BCUT2D eigenvalue weighted by molar-refractivity contribution is 0.0509. The van der Waals surface area contributed by atoms with Crippen LogP contribution >= 0.6 is 0 Å². The Labute approximate surface area is 345 Å². The number of nitrogens with zero attached hydrogens (tertiary/aromatic N) is 6. The summed E-state index contributed by atoms with van der Waals surface area (Å²) in [5.41, 5.74) is 2.39. The van der Waals surface area contributed by atoms with Gasteiger partial charge in [-0.3, -0.25) is 19.1 Å². The van der Waals surface area contributed by atoms with E-state index in [1.54, 1.807) is 6.07 Å². The normalized spacial score (nSPS) is 17.8. The number of halogens is 2. The van der Waals surface area contributed by atoms with Gasteiger partial charge in [-0.2, -0.15) is 0 Å². The largest absolute Gasteiger partial charge is 0.444 e. The molecule has 2 amide bonds. The molecule has 2 aromatic carbocycles. The number of fused-ring (bicyclic) bond motifs is 2. The van der Waals surface area contributed by atoms with Gasteiger partial charge in [-0.1, -0.05) is 36.4 Å². The van der Waals surface area contributed by atoms with Crippen molar-refractivity contribution >= 4 is 28.7 Å². The topological polar surface area (TPSA) is 145 Å². The van der Waals surface area contributed by atoms with Crippen molar-refractivity contribution in [1.29, 1.82) is 0 Å². The first-order valence-corrected chi connectivity index (χ1v) is 20.4. The van der Waals surface area contributed by atoms with Gasteiger partial charge in [-0.15, -0.1) is 0 Å². The summed E-state index contributed by atoms with van der Waals surface area (Å²) >= 11 is 0. The minimum atomic E-state index is -0.689. The maximum absolute atomic E-state index is 14.6. The van der Waals surface area contributed by atoms with Gasteiger partial charge in [0.15, 0.2) is 5.65 Å². The molecule has 0 unspecified atom stereocenters. The van der Waals surface area contributed by atoms with Crippen molar-refractivity contribution in [3.8, 4) is 16.8 Å². The summed E-state index contributed by atoms with van der Waals surface area (Å²) in [6, 6.07) is 18.9. The third kappa shape index (κ3) is 9.00. The zero-order valence-electron chi connectivity index (χ0n) is 33.9. The Morgan fingerprint density at radius 2 is 1.62 bits per heavy atom. The molecular formula is C45H48F2N8O5. The Bertz CT molecular complexity index is 2670. The Morgan fingerprint density at radius 1 is 0.867 bits per heavy atom. The van der Waals surface area contributed by atoms with Gasteiger partial charge in [0.2, 0.25) is 0 Å². The van der Waals surface area contributed by atoms with Gasteiger partial charge in [0, 0.05) is 37.6 Å². The van der Waals surface area contributed by atoms with Crippen molar-refractivity contribution in [1.82, 2.24) is 39.0 Å². The molecule has 5 heterocycles. The number of imidazole rings is 1. The number of hydrogen-bond donors (Lipinski definition) is 2. The third-order valence-electron chi connectivity index (χ3n) is 11.4. The first-order chi connectivity index (χ1) is 28.8. The van der Waals surface area contributed by atoms with Gasteiger partial charge < -0.3 is 19.8 Å². The van der Waals surface area contributed by atoms with Gasteiger partial charge in [0.05, 0.1) is 17.3 Å². The number of carbonyl (C=O) groups is 2. The number of likely N-dealkylation sites (tertiary alicyclic amines) is 1. The van der Waals surface area contributed by atoms with Crippen LogP contribution in [0.5, 0.6) is 0 Å². The lowest BCUT2D eigenvalue weighted by Crippen LogP contribution is -2.45. The second kappa shape index (κ2) is 16.8. The van der Waals surface area contributed by atoms with Crippen LogP contribution in [0.4, 0.5) is 13.6 Å². The average molecular weight is 819 g/mol. The molecule has 4 aromatic heterocycles. The van der Waals surface area contributed by atoms with E-state index in [-0.39, 0.29) is 28.9 Å². The minimum Gasteiger partial charge on any atom is -0.444 e. The Hall–Kier alpha value is -6.22. The molecule has 6 aromatic rings. The number of piperidine rings is 1. The predicted molar refractivity (Wildman–Crippen MR) is 223 cm³/mol. The van der Waals surface area contributed by atoms with E-state index in [0.29, 0.717) is 49.5 Å². The van der Waals surface area contributed by atoms with Crippen molar-refractivity contribution in [3.05, 3.63) is 129 Å². The summed E-state index contributed by atoms with van der Waals surface area (Å²) in [7, 11) is 0. The number of pyridine rings is 2. The number of nitrogens with one attached hydrogen (secondary N) is 2. The number of benzene rings is 2. The SMILES string of the molecule is CC(C)(C)OC(=O)NCC1CCN(Cc2ccc(-c3cccc(-n4c(=O)n(C5CCC(NC(=O)c6cn7cc(F)ccc7n6)CC5)c(=O)c5cc(F)cnc54)c3)cc2)CC1. The van der Waals surface area contributed by atoms with E-state index in [0.717, 1.165) is 55.9 Å². The van der Waals surface area contributed by atoms with Crippen LogP contribution < -0.4 is 21.9 Å². The van der Waals surface area contributed by atoms with Crippen molar-refractivity contribution in [2.75, 3.05) is 19.6 Å². The van der Waals surface area contributed by atoms with E-state index in [1.165, 1.54) is 43.6 Å². The number of hydrogen-bond acceptors (Lipinski definition) is 8. The summed E-state index contributed by atoms with van der Waals surface area (Å²) in [5, 5.41) is 5.89. The molecule has 0 spiro atoms. The van der Waals surface area contributed by atoms with Gasteiger partial charge >= 0.3 is 11.8 Å². The molecule has 1 saturated carbocycles. The van der Waals surface area contributed by atoms with Crippen molar-refractivity contribution in [2.45, 2.75) is 83.5 Å². The van der Waals surface area contributed by atoms with Crippen LogP contribution in [0.1, 0.15) is 81.4 Å². The highest BCUT2D eigenvalue weighted by Gasteiger charge is 2.29. The van der Waals surface area contributed by atoms with Gasteiger partial charge in [-0.05, 0) is 125 Å². The maximum Gasteiger partial charge on any atom is 0.407 e. The smallest absolute Gasteiger partial charge is 0.407 e. The number of carbonyl (C=O) groups excluding carboxylic acids is 2. The Balaban J connectivity index is 0.953. The first kappa shape index (κ1) is 40.6. The van der Waals surface area contributed by atoms with E-state index in [9.17, 15) is 28.0 Å². The van der Waals surface area contributed by atoms with Crippen molar-refractivity contribution < 1.29 is 23.1 Å². The Kier molecular flexibility index (Phi) is 11.4. The first-order valence-electron chi connectivity index (χ1n) is 20.4. The zero-order chi connectivity index (χ0) is 42.1. The molecule has 2 N–H and O–H groups in total. The van der Waals surface area contributed by atoms with Crippen LogP contribution in [0.2, 0.25) is 0 Å². The van der Waals surface area contributed by atoms with Crippen LogP contribution in [0.3, 0.4) is 0 Å². The van der Waals surface area contributed by atoms with E-state index in [2.05, 4.69) is 37.6 Å². The van der Waals surface area contributed by atoms with Crippen LogP contribution in [0, 0.1) is 17.6 Å². The van der Waals surface area contributed by atoms with Gasteiger partial charge in [0.1, 0.15) is 28.6 Å². The molecule has 1 aliphatic carbocycles. The molecule has 0 bridgehead atoms. The van der Waals surface area contributed by atoms with Crippen LogP contribution in [0.25, 0.3) is 33.5 Å². The molecular weight excluding hydrogens is 771 g/mol. The van der Waals surface area contributed by atoms with Crippen LogP contribution in [0.15, 0.2) is 94.9 Å². The highest BCUT2D eigenvalue weighted by molar-refractivity contribution is 5.93. The second-order valence-electron chi connectivity index (χ2n) is 16.9. The summed E-state index contributed by atoms with van der Waals surface area (Å²) in [4.78, 5) is 64.4. The molecule has 0 radical (unpaired) electrons. The summed E-state index contributed by atoms with van der Waals surface area (Å²) in [6.45, 7) is 8.82. The molecule has 1 aliphatic heterocycles. The van der Waals surface area contributed by atoms with Crippen molar-refractivity contribution in [3.63, 3.8) is 0 Å². The number of alkyl carbamates (subject to hydrolysis) is 1. The molecule has 312 valence electrons. The summed E-state index contributed by atoms with van der Waals surface area (Å²) in [5.74, 6) is -1.13. The Morgan fingerprint density at radius 3 is 2.35 bits per heavy atom. The quantitative estimate of drug-likeness (QED) is 0.162. The number of ether oxygens (including phenoxy) is 1. The van der Waals surface area contributed by atoms with E-state index < -0.39 is 40.4 Å². The monoisotopic (exact) mass is 818 g/mol.